The predicted molar refractivity (Wildman–Crippen MR) is 103 cm³/mol. The molecule has 1 aromatic carbocycles. The Morgan fingerprint density at radius 1 is 1.14 bits per heavy atom. The fourth-order valence-corrected chi connectivity index (χ4v) is 2.76. The van der Waals surface area contributed by atoms with Crippen LogP contribution in [-0.4, -0.2) is 42.4 Å². The van der Waals surface area contributed by atoms with Crippen molar-refractivity contribution in [3.05, 3.63) is 61.2 Å². The van der Waals surface area contributed by atoms with Crippen LogP contribution in [-0.2, 0) is 18.4 Å². The molecule has 28 heavy (non-hydrogen) atoms. The Bertz CT molecular complexity index is 1090. The Hall–Kier alpha value is -3.88. The molecule has 0 unspecified atom stereocenters. The van der Waals surface area contributed by atoms with Crippen molar-refractivity contribution in [2.75, 3.05) is 12.4 Å². The van der Waals surface area contributed by atoms with Crippen molar-refractivity contribution in [3.63, 3.8) is 0 Å². The molecule has 0 atom stereocenters. The van der Waals surface area contributed by atoms with E-state index in [1.807, 2.05) is 36.5 Å². The molecule has 0 aliphatic heterocycles. The van der Waals surface area contributed by atoms with Crippen LogP contribution in [0.25, 0.3) is 16.9 Å². The zero-order chi connectivity index (χ0) is 19.5. The van der Waals surface area contributed by atoms with Gasteiger partial charge in [-0.25, -0.2) is 4.68 Å². The summed E-state index contributed by atoms with van der Waals surface area (Å²) in [6, 6.07) is 11.2. The summed E-state index contributed by atoms with van der Waals surface area (Å²) in [5.41, 5.74) is 2.52. The van der Waals surface area contributed by atoms with Gasteiger partial charge in [0.05, 0.1) is 30.9 Å². The summed E-state index contributed by atoms with van der Waals surface area (Å²) in [7, 11) is 3.40. The van der Waals surface area contributed by atoms with Crippen LogP contribution >= 0.6 is 0 Å². The second-order valence-corrected chi connectivity index (χ2v) is 6.16. The first-order valence-corrected chi connectivity index (χ1v) is 8.63. The zero-order valence-electron chi connectivity index (χ0n) is 15.5. The number of anilines is 1. The molecule has 0 aliphatic carbocycles. The molecular formula is C19H19N7O2. The van der Waals surface area contributed by atoms with E-state index in [-0.39, 0.29) is 12.5 Å². The number of amides is 1. The minimum atomic E-state index is -0.174. The van der Waals surface area contributed by atoms with Crippen molar-refractivity contribution >= 4 is 11.7 Å². The van der Waals surface area contributed by atoms with E-state index in [1.54, 1.807) is 52.9 Å². The molecule has 0 aliphatic rings. The molecule has 4 rings (SSSR count). The molecule has 0 radical (unpaired) electrons. The van der Waals surface area contributed by atoms with Gasteiger partial charge in [0.2, 0.25) is 5.91 Å². The molecular weight excluding hydrogens is 358 g/mol. The lowest BCUT2D eigenvalue weighted by Crippen LogP contribution is -2.20. The number of hydrogen-bond acceptors (Lipinski definition) is 5. The van der Waals surface area contributed by atoms with Gasteiger partial charge in [0.1, 0.15) is 18.1 Å². The molecule has 0 saturated carbocycles. The van der Waals surface area contributed by atoms with Crippen LogP contribution in [0.5, 0.6) is 5.75 Å². The van der Waals surface area contributed by atoms with Crippen molar-refractivity contribution in [1.29, 1.82) is 0 Å². The summed E-state index contributed by atoms with van der Waals surface area (Å²) in [4.78, 5) is 12.2. The minimum absolute atomic E-state index is 0.109. The average molecular weight is 377 g/mol. The normalized spacial score (nSPS) is 10.8. The number of ether oxygens (including phenoxy) is 1. The number of hydrogen-bond donors (Lipinski definition) is 1. The highest BCUT2D eigenvalue weighted by Gasteiger charge is 2.10. The van der Waals surface area contributed by atoms with Crippen LogP contribution < -0.4 is 10.1 Å². The van der Waals surface area contributed by atoms with Gasteiger partial charge < -0.3 is 10.1 Å². The van der Waals surface area contributed by atoms with Crippen molar-refractivity contribution in [3.8, 4) is 22.7 Å². The van der Waals surface area contributed by atoms with E-state index in [0.29, 0.717) is 5.82 Å². The molecule has 3 aromatic heterocycles. The summed E-state index contributed by atoms with van der Waals surface area (Å²) in [5.74, 6) is 1.25. The van der Waals surface area contributed by atoms with E-state index in [9.17, 15) is 4.79 Å². The monoisotopic (exact) mass is 377 g/mol. The van der Waals surface area contributed by atoms with E-state index in [0.717, 1.165) is 22.7 Å². The second-order valence-electron chi connectivity index (χ2n) is 6.16. The summed E-state index contributed by atoms with van der Waals surface area (Å²) < 4.78 is 10.1. The predicted octanol–water partition coefficient (Wildman–Crippen LogP) is 2.12. The van der Waals surface area contributed by atoms with Gasteiger partial charge in [-0.15, -0.1) is 0 Å². The number of nitrogens with one attached hydrogen (secondary N) is 1. The van der Waals surface area contributed by atoms with Crippen molar-refractivity contribution in [1.82, 2.24) is 29.3 Å². The fourth-order valence-electron chi connectivity index (χ4n) is 2.76. The van der Waals surface area contributed by atoms with E-state index in [1.165, 1.54) is 0 Å². The van der Waals surface area contributed by atoms with Crippen LogP contribution in [0, 0.1) is 0 Å². The molecule has 0 bridgehead atoms. The Morgan fingerprint density at radius 2 is 1.96 bits per heavy atom. The topological polar surface area (TPSA) is 91.8 Å². The van der Waals surface area contributed by atoms with Crippen LogP contribution in [0.4, 0.5) is 5.82 Å². The summed E-state index contributed by atoms with van der Waals surface area (Å²) in [5, 5.41) is 15.7. The smallest absolute Gasteiger partial charge is 0.247 e. The molecule has 142 valence electrons. The Labute approximate surface area is 161 Å². The van der Waals surface area contributed by atoms with Crippen LogP contribution in [0.15, 0.2) is 61.2 Å². The Morgan fingerprint density at radius 3 is 2.68 bits per heavy atom. The molecule has 0 fully saturated rings. The largest absolute Gasteiger partial charge is 0.497 e. The van der Waals surface area contributed by atoms with Gasteiger partial charge in [0.15, 0.2) is 0 Å². The van der Waals surface area contributed by atoms with Gasteiger partial charge in [0, 0.05) is 31.1 Å². The first kappa shape index (κ1) is 17.5. The Kier molecular flexibility index (Phi) is 4.63. The van der Waals surface area contributed by atoms with Crippen molar-refractivity contribution in [2.45, 2.75) is 6.54 Å². The van der Waals surface area contributed by atoms with Crippen molar-refractivity contribution < 1.29 is 9.53 Å². The maximum absolute atomic E-state index is 12.2. The van der Waals surface area contributed by atoms with Gasteiger partial charge in [-0.1, -0.05) is 0 Å². The van der Waals surface area contributed by atoms with Gasteiger partial charge in [-0.3, -0.25) is 14.2 Å². The van der Waals surface area contributed by atoms with Gasteiger partial charge in [-0.05, 0) is 30.3 Å². The number of methoxy groups -OCH3 is 1. The summed E-state index contributed by atoms with van der Waals surface area (Å²) in [6.45, 7) is 0.109. The number of carbonyl (C=O) groups excluding carboxylic acids is 1. The third kappa shape index (κ3) is 3.63. The van der Waals surface area contributed by atoms with E-state index < -0.39 is 0 Å². The quantitative estimate of drug-likeness (QED) is 0.556. The first-order chi connectivity index (χ1) is 13.6. The first-order valence-electron chi connectivity index (χ1n) is 8.63. The molecule has 1 amide bonds. The number of rotatable bonds is 6. The van der Waals surface area contributed by atoms with E-state index >= 15 is 0 Å². The second kappa shape index (κ2) is 7.39. The highest BCUT2D eigenvalue weighted by molar-refractivity contribution is 5.89. The van der Waals surface area contributed by atoms with Gasteiger partial charge >= 0.3 is 0 Å². The maximum Gasteiger partial charge on any atom is 0.247 e. The third-order valence-corrected chi connectivity index (χ3v) is 4.25. The van der Waals surface area contributed by atoms with Crippen molar-refractivity contribution in [2.24, 2.45) is 7.05 Å². The highest BCUT2D eigenvalue weighted by atomic mass is 16.5. The number of carbonyl (C=O) groups is 1. The highest BCUT2D eigenvalue weighted by Crippen LogP contribution is 2.20. The number of benzene rings is 1. The molecule has 9 nitrogen and oxygen atoms in total. The molecule has 3 heterocycles. The minimum Gasteiger partial charge on any atom is -0.497 e. The van der Waals surface area contributed by atoms with E-state index in [2.05, 4.69) is 20.6 Å². The molecule has 9 heteroatoms. The summed E-state index contributed by atoms with van der Waals surface area (Å²) in [6.07, 6.45) is 7.03. The number of nitrogens with zero attached hydrogens (tertiary/aromatic N) is 6. The maximum atomic E-state index is 12.2. The lowest BCUT2D eigenvalue weighted by Gasteiger charge is -2.05. The van der Waals surface area contributed by atoms with Gasteiger partial charge in [-0.2, -0.15) is 15.3 Å². The lowest BCUT2D eigenvalue weighted by atomic mass is 10.2. The van der Waals surface area contributed by atoms with Crippen LogP contribution in [0.3, 0.4) is 0 Å². The standard InChI is InChI=1S/C19H19N7O2/c1-24-18(7-9-20-24)22-19(27)13-25-10-8-17(23-25)14-11-21-26(12-14)15-3-5-16(28-2)6-4-15/h3-12H,13H2,1-2H3,(H,22,27). The molecule has 4 aromatic rings. The average Bonchev–Trinajstić information content (AvgIpc) is 3.44. The van der Waals surface area contributed by atoms with Crippen LogP contribution in [0.2, 0.25) is 0 Å². The number of aryl methyl sites for hydroxylation is 1. The lowest BCUT2D eigenvalue weighted by molar-refractivity contribution is -0.116. The van der Waals surface area contributed by atoms with Gasteiger partial charge in [0.25, 0.3) is 0 Å². The molecule has 1 N–H and O–H groups in total. The Balaban J connectivity index is 1.44. The third-order valence-electron chi connectivity index (χ3n) is 4.25. The molecule has 0 saturated heterocycles. The number of aromatic nitrogens is 6. The zero-order valence-corrected chi connectivity index (χ0v) is 15.5. The summed E-state index contributed by atoms with van der Waals surface area (Å²) >= 11 is 0. The molecule has 0 spiro atoms. The van der Waals surface area contributed by atoms with Crippen LogP contribution in [0.1, 0.15) is 0 Å². The fraction of sp³-hybridized carbons (Fsp3) is 0.158. The SMILES string of the molecule is COc1ccc(-n2cc(-c3ccn(CC(=O)Nc4ccnn4C)n3)cn2)cc1. The van der Waals surface area contributed by atoms with E-state index in [4.69, 9.17) is 4.74 Å².